The van der Waals surface area contributed by atoms with Gasteiger partial charge < -0.3 is 10.1 Å². The molecule has 0 amide bonds. The highest BCUT2D eigenvalue weighted by atomic mass is 32.1. The lowest BCUT2D eigenvalue weighted by atomic mass is 10.2. The second-order valence-electron chi connectivity index (χ2n) is 3.93. The fourth-order valence-corrected chi connectivity index (χ4v) is 2.44. The van der Waals surface area contributed by atoms with Crippen molar-refractivity contribution in [2.75, 3.05) is 19.8 Å². The third kappa shape index (κ3) is 5.68. The molecular weight excluding hydrogens is 303 g/mol. The molecule has 0 fully saturated rings. The van der Waals surface area contributed by atoms with E-state index in [1.54, 1.807) is 6.92 Å². The van der Waals surface area contributed by atoms with Gasteiger partial charge in [0.15, 0.2) is 5.01 Å². The number of ether oxygens (including phenoxy) is 1. The lowest BCUT2D eigenvalue weighted by Crippen LogP contribution is -2.22. The highest BCUT2D eigenvalue weighted by Gasteiger charge is 2.35. The van der Waals surface area contributed by atoms with Crippen molar-refractivity contribution in [1.82, 2.24) is 10.3 Å². The van der Waals surface area contributed by atoms with Crippen LogP contribution < -0.4 is 5.32 Å². The summed E-state index contributed by atoms with van der Waals surface area (Å²) in [6.07, 6.45) is -5.55. The van der Waals surface area contributed by atoms with Gasteiger partial charge in [-0.3, -0.25) is 0 Å². The summed E-state index contributed by atoms with van der Waals surface area (Å²) in [6.45, 7) is 1.72. The highest BCUT2D eigenvalue weighted by Crippen LogP contribution is 2.34. The number of thiazole rings is 1. The van der Waals surface area contributed by atoms with Gasteiger partial charge in [0, 0.05) is 23.7 Å². The summed E-state index contributed by atoms with van der Waals surface area (Å²) in [7, 11) is 0. The minimum Gasteiger partial charge on any atom is -0.375 e. The van der Waals surface area contributed by atoms with Crippen LogP contribution in [0.25, 0.3) is 0 Å². The van der Waals surface area contributed by atoms with Gasteiger partial charge in [-0.15, -0.1) is 11.3 Å². The standard InChI is InChI=1S/C11H15F5N2OS/c1-2-17-7(3-4-19-6-9(12)13)8-5-18-10(20-8)11(14,15)16/h5,7,9,17H,2-4,6H2,1H3. The van der Waals surface area contributed by atoms with Crippen LogP contribution in [0.15, 0.2) is 6.20 Å². The first-order chi connectivity index (χ1) is 9.34. The first kappa shape index (κ1) is 17.3. The van der Waals surface area contributed by atoms with Crippen LogP contribution in [-0.4, -0.2) is 31.2 Å². The van der Waals surface area contributed by atoms with Crippen LogP contribution in [0.4, 0.5) is 22.0 Å². The largest absolute Gasteiger partial charge is 0.443 e. The normalized spacial score (nSPS) is 13.9. The minimum atomic E-state index is -4.47. The molecule has 0 aliphatic carbocycles. The molecule has 1 N–H and O–H groups in total. The molecule has 1 rings (SSSR count). The Balaban J connectivity index is 2.59. The van der Waals surface area contributed by atoms with Gasteiger partial charge in [0.25, 0.3) is 6.43 Å². The number of hydrogen-bond acceptors (Lipinski definition) is 4. The van der Waals surface area contributed by atoms with Crippen LogP contribution >= 0.6 is 11.3 Å². The Morgan fingerprint density at radius 1 is 1.40 bits per heavy atom. The SMILES string of the molecule is CCNC(CCOCC(F)F)c1cnc(C(F)(F)F)s1. The maximum absolute atomic E-state index is 12.5. The third-order valence-corrected chi connectivity index (χ3v) is 3.51. The van der Waals surface area contributed by atoms with Crippen molar-refractivity contribution in [3.05, 3.63) is 16.1 Å². The molecule has 0 aliphatic rings. The van der Waals surface area contributed by atoms with Gasteiger partial charge in [-0.05, 0) is 13.0 Å². The van der Waals surface area contributed by atoms with Crippen LogP contribution in [-0.2, 0) is 10.9 Å². The van der Waals surface area contributed by atoms with Gasteiger partial charge in [0.1, 0.15) is 6.61 Å². The van der Waals surface area contributed by atoms with Crippen molar-refractivity contribution in [2.45, 2.75) is 32.0 Å². The van der Waals surface area contributed by atoms with E-state index >= 15 is 0 Å². The van der Waals surface area contributed by atoms with E-state index in [1.807, 2.05) is 0 Å². The Morgan fingerprint density at radius 3 is 2.60 bits per heavy atom. The number of nitrogens with zero attached hydrogens (tertiary/aromatic N) is 1. The van der Waals surface area contributed by atoms with Crippen molar-refractivity contribution in [3.8, 4) is 0 Å². The average Bonchev–Trinajstić information content (AvgIpc) is 2.82. The quantitative estimate of drug-likeness (QED) is 0.588. The Hall–Kier alpha value is -0.800. The monoisotopic (exact) mass is 318 g/mol. The molecule has 3 nitrogen and oxygen atoms in total. The molecule has 116 valence electrons. The number of rotatable bonds is 8. The molecule has 1 unspecified atom stereocenters. The molecule has 0 aromatic carbocycles. The van der Waals surface area contributed by atoms with E-state index in [0.29, 0.717) is 29.2 Å². The van der Waals surface area contributed by atoms with Crippen molar-refractivity contribution in [3.63, 3.8) is 0 Å². The molecule has 1 aromatic rings. The van der Waals surface area contributed by atoms with E-state index < -0.39 is 24.2 Å². The Morgan fingerprint density at radius 2 is 2.10 bits per heavy atom. The summed E-state index contributed by atoms with van der Waals surface area (Å²) in [5.74, 6) is 0. The molecular formula is C11H15F5N2OS. The maximum Gasteiger partial charge on any atom is 0.443 e. The lowest BCUT2D eigenvalue weighted by Gasteiger charge is -2.15. The highest BCUT2D eigenvalue weighted by molar-refractivity contribution is 7.11. The molecule has 1 aromatic heterocycles. The molecule has 0 saturated carbocycles. The van der Waals surface area contributed by atoms with Gasteiger partial charge in [0.2, 0.25) is 0 Å². The molecule has 0 radical (unpaired) electrons. The molecule has 0 spiro atoms. The first-order valence-electron chi connectivity index (χ1n) is 5.96. The van der Waals surface area contributed by atoms with Crippen molar-refractivity contribution >= 4 is 11.3 Å². The third-order valence-electron chi connectivity index (χ3n) is 2.35. The summed E-state index contributed by atoms with van der Waals surface area (Å²) in [5, 5.41) is 2.07. The Bertz CT molecular complexity index is 396. The predicted octanol–water partition coefficient (Wildman–Crippen LogP) is 3.48. The summed E-state index contributed by atoms with van der Waals surface area (Å²) in [6, 6.07) is -0.383. The van der Waals surface area contributed by atoms with Crippen LogP contribution in [0.1, 0.15) is 29.3 Å². The fourth-order valence-electron chi connectivity index (χ4n) is 1.54. The maximum atomic E-state index is 12.5. The van der Waals surface area contributed by atoms with E-state index in [1.165, 1.54) is 0 Å². The zero-order chi connectivity index (χ0) is 15.2. The summed E-state index contributed by atoms with van der Waals surface area (Å²) in [5.41, 5.74) is 0. The number of nitrogens with one attached hydrogen (secondary N) is 1. The molecule has 20 heavy (non-hydrogen) atoms. The van der Waals surface area contributed by atoms with Gasteiger partial charge in [0.05, 0.1) is 0 Å². The second kappa shape index (κ2) is 7.84. The first-order valence-corrected chi connectivity index (χ1v) is 6.78. The fraction of sp³-hybridized carbons (Fsp3) is 0.727. The van der Waals surface area contributed by atoms with E-state index in [0.717, 1.165) is 6.20 Å². The number of hydrogen-bond donors (Lipinski definition) is 1. The molecule has 9 heteroatoms. The van der Waals surface area contributed by atoms with Gasteiger partial charge in [-0.25, -0.2) is 13.8 Å². The lowest BCUT2D eigenvalue weighted by molar-refractivity contribution is -0.137. The van der Waals surface area contributed by atoms with E-state index in [-0.39, 0.29) is 12.6 Å². The Kier molecular flexibility index (Phi) is 6.77. The molecule has 0 aliphatic heterocycles. The van der Waals surface area contributed by atoms with E-state index in [4.69, 9.17) is 4.74 Å². The number of halogens is 5. The second-order valence-corrected chi connectivity index (χ2v) is 4.99. The molecule has 1 heterocycles. The number of aromatic nitrogens is 1. The van der Waals surface area contributed by atoms with Crippen LogP contribution in [0.3, 0.4) is 0 Å². The summed E-state index contributed by atoms with van der Waals surface area (Å²) < 4.78 is 65.9. The minimum absolute atomic E-state index is 0.0429. The van der Waals surface area contributed by atoms with Crippen molar-refractivity contribution < 1.29 is 26.7 Å². The van der Waals surface area contributed by atoms with Gasteiger partial charge in [-0.2, -0.15) is 13.2 Å². The van der Waals surface area contributed by atoms with Crippen LogP contribution in [0.2, 0.25) is 0 Å². The van der Waals surface area contributed by atoms with E-state index in [9.17, 15) is 22.0 Å². The Labute approximate surface area is 117 Å². The van der Waals surface area contributed by atoms with Crippen molar-refractivity contribution in [2.24, 2.45) is 0 Å². The zero-order valence-corrected chi connectivity index (χ0v) is 11.5. The van der Waals surface area contributed by atoms with Crippen LogP contribution in [0, 0.1) is 0 Å². The topological polar surface area (TPSA) is 34.1 Å². The molecule has 1 atom stereocenters. The van der Waals surface area contributed by atoms with Gasteiger partial charge in [-0.1, -0.05) is 6.92 Å². The van der Waals surface area contributed by atoms with E-state index in [2.05, 4.69) is 10.3 Å². The molecule has 0 bridgehead atoms. The van der Waals surface area contributed by atoms with Crippen LogP contribution in [0.5, 0.6) is 0 Å². The predicted molar refractivity (Wildman–Crippen MR) is 65.0 cm³/mol. The van der Waals surface area contributed by atoms with Crippen molar-refractivity contribution in [1.29, 1.82) is 0 Å². The van der Waals surface area contributed by atoms with Gasteiger partial charge >= 0.3 is 6.18 Å². The zero-order valence-electron chi connectivity index (χ0n) is 10.7. The molecule has 0 saturated heterocycles. The summed E-state index contributed by atoms with van der Waals surface area (Å²) in [4.78, 5) is 3.76. The smallest absolute Gasteiger partial charge is 0.375 e. The number of alkyl halides is 5. The average molecular weight is 318 g/mol. The summed E-state index contributed by atoms with van der Waals surface area (Å²) >= 11 is 0.550.